The first-order valence-corrected chi connectivity index (χ1v) is 7.93. The van der Waals surface area contributed by atoms with Crippen LogP contribution in [-0.4, -0.2) is 36.1 Å². The fraction of sp³-hybridized carbons (Fsp3) is 0.647. The summed E-state index contributed by atoms with van der Waals surface area (Å²) in [5.41, 5.74) is 7.78. The molecule has 2 rings (SSSR count). The summed E-state index contributed by atoms with van der Waals surface area (Å²) >= 11 is 0. The zero-order valence-corrected chi connectivity index (χ0v) is 13.7. The van der Waals surface area contributed by atoms with E-state index in [2.05, 4.69) is 20.8 Å². The van der Waals surface area contributed by atoms with Crippen molar-refractivity contribution in [1.82, 2.24) is 4.90 Å². The van der Waals surface area contributed by atoms with Crippen molar-refractivity contribution >= 4 is 12.0 Å². The lowest BCUT2D eigenvalue weighted by atomic mass is 9.72. The molecule has 1 heterocycles. The van der Waals surface area contributed by atoms with Gasteiger partial charge in [0.05, 0.1) is 6.54 Å². The number of carbonyl (C=O) groups excluding carboxylic acids is 2. The molecule has 2 N–H and O–H groups in total. The van der Waals surface area contributed by atoms with Gasteiger partial charge >= 0.3 is 6.09 Å². The van der Waals surface area contributed by atoms with E-state index in [0.717, 1.165) is 12.8 Å². The van der Waals surface area contributed by atoms with Crippen LogP contribution in [0.25, 0.3) is 0 Å². The van der Waals surface area contributed by atoms with Crippen LogP contribution < -0.4 is 5.73 Å². The third-order valence-electron chi connectivity index (χ3n) is 4.67. The number of nitrogens with two attached hydrogens (primary N) is 1. The Hall–Kier alpha value is -1.78. The molecule has 0 spiro atoms. The minimum Gasteiger partial charge on any atom is -0.444 e. The second kappa shape index (κ2) is 6.55. The molecule has 1 saturated heterocycles. The fourth-order valence-electron chi connectivity index (χ4n) is 3.46. The van der Waals surface area contributed by atoms with Gasteiger partial charge in [0.1, 0.15) is 6.10 Å². The first-order chi connectivity index (χ1) is 10.3. The smallest absolute Gasteiger partial charge is 0.404 e. The van der Waals surface area contributed by atoms with Crippen molar-refractivity contribution in [2.45, 2.75) is 52.6 Å². The van der Waals surface area contributed by atoms with E-state index in [1.54, 1.807) is 11.0 Å². The molecule has 5 heteroatoms. The molecular weight excluding hydrogens is 280 g/mol. The molecule has 122 valence electrons. The minimum atomic E-state index is -0.778. The van der Waals surface area contributed by atoms with Crippen LogP contribution in [0.5, 0.6) is 0 Å². The van der Waals surface area contributed by atoms with E-state index < -0.39 is 6.09 Å². The number of allylic oxidation sites excluding steroid dienone is 3. The molecule has 22 heavy (non-hydrogen) atoms. The van der Waals surface area contributed by atoms with Gasteiger partial charge in [0.2, 0.25) is 5.91 Å². The lowest BCUT2D eigenvalue weighted by Crippen LogP contribution is -2.30. The van der Waals surface area contributed by atoms with Gasteiger partial charge in [-0.2, -0.15) is 0 Å². The Morgan fingerprint density at radius 1 is 1.41 bits per heavy atom. The van der Waals surface area contributed by atoms with Gasteiger partial charge < -0.3 is 15.4 Å². The maximum absolute atomic E-state index is 12.3. The van der Waals surface area contributed by atoms with Crippen LogP contribution in [0.15, 0.2) is 23.3 Å². The van der Waals surface area contributed by atoms with Gasteiger partial charge in [0.15, 0.2) is 0 Å². The van der Waals surface area contributed by atoms with Gasteiger partial charge in [-0.05, 0) is 37.2 Å². The maximum Gasteiger partial charge on any atom is 0.404 e. The highest BCUT2D eigenvalue weighted by Crippen LogP contribution is 2.40. The summed E-state index contributed by atoms with van der Waals surface area (Å²) in [6.07, 6.45) is 6.68. The quantitative estimate of drug-likeness (QED) is 0.815. The Morgan fingerprint density at radius 2 is 2.14 bits per heavy atom. The third-order valence-corrected chi connectivity index (χ3v) is 4.67. The third kappa shape index (κ3) is 3.90. The van der Waals surface area contributed by atoms with E-state index >= 15 is 0 Å². The van der Waals surface area contributed by atoms with E-state index in [0.29, 0.717) is 19.5 Å². The van der Waals surface area contributed by atoms with Crippen LogP contribution in [0.2, 0.25) is 0 Å². The molecular formula is C17H26N2O3. The molecule has 2 aliphatic rings. The van der Waals surface area contributed by atoms with Crippen LogP contribution in [0, 0.1) is 5.41 Å². The van der Waals surface area contributed by atoms with Crippen LogP contribution in [0.3, 0.4) is 0 Å². The van der Waals surface area contributed by atoms with E-state index in [1.807, 2.05) is 6.08 Å². The fourth-order valence-corrected chi connectivity index (χ4v) is 3.46. The largest absolute Gasteiger partial charge is 0.444 e. The molecule has 5 nitrogen and oxygen atoms in total. The standard InChI is InChI=1S/C17H26N2O3/c1-12-5-4-9-17(2,3)14(12)6-7-15(20)19-10-8-13(11-19)22-16(18)21/h6-7,13H,4-5,8-11H2,1-3H3,(H2,18,21)/t13-/m0/s1. The average Bonchev–Trinajstić information content (AvgIpc) is 2.84. The molecule has 1 aliphatic heterocycles. The van der Waals surface area contributed by atoms with Crippen molar-refractivity contribution in [3.05, 3.63) is 23.3 Å². The lowest BCUT2D eigenvalue weighted by molar-refractivity contribution is -0.125. The van der Waals surface area contributed by atoms with Gasteiger partial charge in [0, 0.05) is 19.0 Å². The van der Waals surface area contributed by atoms with Gasteiger partial charge in [-0.3, -0.25) is 4.79 Å². The highest BCUT2D eigenvalue weighted by Gasteiger charge is 2.29. The summed E-state index contributed by atoms with van der Waals surface area (Å²) in [5.74, 6) is -0.0303. The number of likely N-dealkylation sites (tertiary alicyclic amines) is 1. The normalized spacial score (nSPS) is 24.9. The molecule has 0 saturated carbocycles. The van der Waals surface area contributed by atoms with Crippen molar-refractivity contribution in [1.29, 1.82) is 0 Å². The zero-order chi connectivity index (χ0) is 16.3. The van der Waals surface area contributed by atoms with Crippen molar-refractivity contribution < 1.29 is 14.3 Å². The maximum atomic E-state index is 12.3. The van der Waals surface area contributed by atoms with Crippen molar-refractivity contribution in [3.63, 3.8) is 0 Å². The summed E-state index contributed by atoms with van der Waals surface area (Å²) in [7, 11) is 0. The second-order valence-corrected chi connectivity index (χ2v) is 6.90. The number of ether oxygens (including phenoxy) is 1. The van der Waals surface area contributed by atoms with E-state index in [4.69, 9.17) is 10.5 Å². The van der Waals surface area contributed by atoms with Gasteiger partial charge in [-0.1, -0.05) is 25.5 Å². The number of amides is 2. The Morgan fingerprint density at radius 3 is 2.77 bits per heavy atom. The number of hydrogen-bond donors (Lipinski definition) is 1. The summed E-state index contributed by atoms with van der Waals surface area (Å²) in [4.78, 5) is 24.7. The average molecular weight is 306 g/mol. The molecule has 0 unspecified atom stereocenters. The van der Waals surface area contributed by atoms with E-state index in [-0.39, 0.29) is 17.4 Å². The number of primary amides is 1. The van der Waals surface area contributed by atoms with E-state index in [9.17, 15) is 9.59 Å². The van der Waals surface area contributed by atoms with Gasteiger partial charge in [-0.15, -0.1) is 0 Å². The number of nitrogens with zero attached hydrogens (tertiary/aromatic N) is 1. The molecule has 0 aromatic rings. The lowest BCUT2D eigenvalue weighted by Gasteiger charge is -2.32. The van der Waals surface area contributed by atoms with Crippen molar-refractivity contribution in [3.8, 4) is 0 Å². The van der Waals surface area contributed by atoms with Crippen LogP contribution in [-0.2, 0) is 9.53 Å². The summed E-state index contributed by atoms with van der Waals surface area (Å²) in [5, 5.41) is 0. The predicted octanol–water partition coefficient (Wildman–Crippen LogP) is 2.77. The van der Waals surface area contributed by atoms with Crippen LogP contribution >= 0.6 is 0 Å². The molecule has 0 bridgehead atoms. The highest BCUT2D eigenvalue weighted by atomic mass is 16.6. The van der Waals surface area contributed by atoms with Crippen molar-refractivity contribution in [2.75, 3.05) is 13.1 Å². The second-order valence-electron chi connectivity index (χ2n) is 6.90. The predicted molar refractivity (Wildman–Crippen MR) is 85.1 cm³/mol. The number of rotatable bonds is 3. The monoisotopic (exact) mass is 306 g/mol. The molecule has 1 atom stereocenters. The van der Waals surface area contributed by atoms with Crippen LogP contribution in [0.1, 0.15) is 46.5 Å². The number of hydrogen-bond acceptors (Lipinski definition) is 3. The highest BCUT2D eigenvalue weighted by molar-refractivity contribution is 5.88. The minimum absolute atomic E-state index is 0.0303. The summed E-state index contributed by atoms with van der Waals surface area (Å²) in [6, 6.07) is 0. The number of carbonyl (C=O) groups is 2. The Balaban J connectivity index is 1.99. The topological polar surface area (TPSA) is 72.6 Å². The Kier molecular flexibility index (Phi) is 4.94. The first-order valence-electron chi connectivity index (χ1n) is 7.93. The molecule has 0 aromatic carbocycles. The molecule has 0 aromatic heterocycles. The zero-order valence-electron chi connectivity index (χ0n) is 13.7. The van der Waals surface area contributed by atoms with Gasteiger partial charge in [-0.25, -0.2) is 4.79 Å². The van der Waals surface area contributed by atoms with Gasteiger partial charge in [0.25, 0.3) is 0 Å². The molecule has 0 radical (unpaired) electrons. The molecule has 1 fully saturated rings. The summed E-state index contributed by atoms with van der Waals surface area (Å²) < 4.78 is 4.95. The van der Waals surface area contributed by atoms with Crippen molar-refractivity contribution in [2.24, 2.45) is 11.1 Å². The molecule has 2 amide bonds. The Labute approximate surface area is 132 Å². The Bertz CT molecular complexity index is 520. The van der Waals surface area contributed by atoms with E-state index in [1.165, 1.54) is 17.6 Å². The first kappa shape index (κ1) is 16.6. The summed E-state index contributed by atoms with van der Waals surface area (Å²) in [6.45, 7) is 7.63. The van der Waals surface area contributed by atoms with Crippen LogP contribution in [0.4, 0.5) is 4.79 Å². The molecule has 1 aliphatic carbocycles. The SMILES string of the molecule is CC1=C(C=CC(=O)N2CC[C@H](OC(N)=O)C2)C(C)(C)CCC1.